The first-order chi connectivity index (χ1) is 8.27. The van der Waals surface area contributed by atoms with E-state index in [9.17, 15) is 9.90 Å². The fourth-order valence-electron chi connectivity index (χ4n) is 1.51. The first-order valence-electron chi connectivity index (χ1n) is 5.33. The number of hydrogen-bond acceptors (Lipinski definition) is 2. The molecule has 0 bridgehead atoms. The zero-order valence-electron chi connectivity index (χ0n) is 9.61. The summed E-state index contributed by atoms with van der Waals surface area (Å²) in [5.41, 5.74) is 1.27. The Kier molecular flexibility index (Phi) is 5.15. The van der Waals surface area contributed by atoms with Crippen LogP contribution < -0.4 is 0 Å². The zero-order chi connectivity index (χ0) is 12.1. The van der Waals surface area contributed by atoms with Gasteiger partial charge in [-0.15, -0.1) is 12.4 Å². The highest BCUT2D eigenvalue weighted by Crippen LogP contribution is 2.16. The van der Waals surface area contributed by atoms with Crippen molar-refractivity contribution in [2.24, 2.45) is 0 Å². The molecule has 0 saturated carbocycles. The molecule has 0 aliphatic rings. The van der Waals surface area contributed by atoms with E-state index >= 15 is 0 Å². The molecule has 0 heterocycles. The van der Waals surface area contributed by atoms with Gasteiger partial charge >= 0.3 is 0 Å². The molecular weight excluding hydrogens is 248 g/mol. The van der Waals surface area contributed by atoms with Gasteiger partial charge in [0.05, 0.1) is 5.56 Å². The van der Waals surface area contributed by atoms with E-state index in [4.69, 9.17) is 0 Å². The number of hydrogen-bond donors (Lipinski definition) is 1. The van der Waals surface area contributed by atoms with E-state index in [0.717, 1.165) is 5.56 Å². The van der Waals surface area contributed by atoms with E-state index in [-0.39, 0.29) is 23.9 Å². The van der Waals surface area contributed by atoms with Crippen molar-refractivity contribution in [1.29, 1.82) is 0 Å². The average Bonchev–Trinajstić information content (AvgIpc) is 2.38. The fraction of sp³-hybridized carbons (Fsp3) is 0. The van der Waals surface area contributed by atoms with Crippen molar-refractivity contribution >= 4 is 24.3 Å². The number of halogens is 1. The third-order valence-corrected chi connectivity index (χ3v) is 2.40. The van der Waals surface area contributed by atoms with Gasteiger partial charge < -0.3 is 5.11 Å². The Morgan fingerprint density at radius 1 is 0.944 bits per heavy atom. The standard InChI is InChI=1S/C15H12O2.ClH/c16-14-9-5-4-8-13(14)15(17)11-10-12-6-2-1-3-7-12;/h1-11,16H;1H/b11-10+;. The van der Waals surface area contributed by atoms with Crippen molar-refractivity contribution in [3.63, 3.8) is 0 Å². The van der Waals surface area contributed by atoms with Gasteiger partial charge in [-0.05, 0) is 23.8 Å². The highest BCUT2D eigenvalue weighted by molar-refractivity contribution is 6.08. The van der Waals surface area contributed by atoms with Gasteiger partial charge in [0.2, 0.25) is 0 Å². The monoisotopic (exact) mass is 260 g/mol. The minimum atomic E-state index is -0.202. The molecule has 0 aromatic heterocycles. The molecule has 0 spiro atoms. The van der Waals surface area contributed by atoms with Gasteiger partial charge in [-0.2, -0.15) is 0 Å². The lowest BCUT2D eigenvalue weighted by molar-refractivity contribution is 0.104. The van der Waals surface area contributed by atoms with Crippen molar-refractivity contribution in [1.82, 2.24) is 0 Å². The summed E-state index contributed by atoms with van der Waals surface area (Å²) < 4.78 is 0. The maximum absolute atomic E-state index is 11.8. The van der Waals surface area contributed by atoms with E-state index in [0.29, 0.717) is 5.56 Å². The highest BCUT2D eigenvalue weighted by Gasteiger charge is 2.05. The van der Waals surface area contributed by atoms with E-state index in [1.54, 1.807) is 24.3 Å². The fourth-order valence-corrected chi connectivity index (χ4v) is 1.51. The molecule has 0 fully saturated rings. The number of carbonyl (C=O) groups is 1. The molecule has 0 aliphatic heterocycles. The van der Waals surface area contributed by atoms with E-state index in [2.05, 4.69) is 0 Å². The molecule has 0 amide bonds. The van der Waals surface area contributed by atoms with Crippen LogP contribution in [0.25, 0.3) is 6.08 Å². The summed E-state index contributed by atoms with van der Waals surface area (Å²) in [4.78, 5) is 11.8. The summed E-state index contributed by atoms with van der Waals surface area (Å²) in [6.45, 7) is 0. The Morgan fingerprint density at radius 2 is 1.56 bits per heavy atom. The molecule has 2 aromatic carbocycles. The Morgan fingerprint density at radius 3 is 2.22 bits per heavy atom. The zero-order valence-corrected chi connectivity index (χ0v) is 10.4. The number of benzene rings is 2. The van der Waals surface area contributed by atoms with Gasteiger partial charge in [0.1, 0.15) is 5.75 Å². The number of rotatable bonds is 3. The van der Waals surface area contributed by atoms with E-state index in [1.165, 1.54) is 12.1 Å². The predicted molar refractivity (Wildman–Crippen MR) is 75.2 cm³/mol. The van der Waals surface area contributed by atoms with Crippen LogP contribution in [0, 0.1) is 0 Å². The van der Waals surface area contributed by atoms with E-state index < -0.39 is 0 Å². The van der Waals surface area contributed by atoms with Crippen LogP contribution in [0.3, 0.4) is 0 Å². The van der Waals surface area contributed by atoms with Crippen LogP contribution in [0.4, 0.5) is 0 Å². The molecule has 0 aliphatic carbocycles. The molecular formula is C15H13ClO2. The quantitative estimate of drug-likeness (QED) is 0.675. The molecule has 2 nitrogen and oxygen atoms in total. The Hall–Kier alpha value is -2.06. The minimum absolute atomic E-state index is 0. The summed E-state index contributed by atoms with van der Waals surface area (Å²) in [6, 6.07) is 16.1. The molecule has 2 rings (SSSR count). The summed E-state index contributed by atoms with van der Waals surface area (Å²) in [7, 11) is 0. The first-order valence-corrected chi connectivity index (χ1v) is 5.33. The van der Waals surface area contributed by atoms with Gasteiger partial charge in [0.25, 0.3) is 0 Å². The number of para-hydroxylation sites is 1. The summed E-state index contributed by atoms with van der Waals surface area (Å²) in [5, 5.41) is 9.52. The van der Waals surface area contributed by atoms with Crippen LogP contribution in [0.15, 0.2) is 60.7 Å². The van der Waals surface area contributed by atoms with Gasteiger partial charge in [0, 0.05) is 0 Å². The number of aromatic hydroxyl groups is 1. The highest BCUT2D eigenvalue weighted by atomic mass is 35.5. The van der Waals surface area contributed by atoms with Crippen LogP contribution in [-0.2, 0) is 0 Å². The molecule has 3 heteroatoms. The van der Waals surface area contributed by atoms with Crippen molar-refractivity contribution in [3.8, 4) is 5.75 Å². The normalized spacial score (nSPS) is 10.0. The van der Waals surface area contributed by atoms with Gasteiger partial charge in [-0.1, -0.05) is 48.5 Å². The Labute approximate surface area is 112 Å². The summed E-state index contributed by atoms with van der Waals surface area (Å²) >= 11 is 0. The first kappa shape index (κ1) is 14.0. The van der Waals surface area contributed by atoms with Gasteiger partial charge in [0.15, 0.2) is 5.78 Å². The van der Waals surface area contributed by atoms with Crippen LogP contribution in [0.1, 0.15) is 15.9 Å². The molecule has 2 aromatic rings. The molecule has 1 N–H and O–H groups in total. The van der Waals surface area contributed by atoms with Crippen molar-refractivity contribution < 1.29 is 9.90 Å². The molecule has 0 radical (unpaired) electrons. The lowest BCUT2D eigenvalue weighted by Crippen LogP contribution is -1.93. The molecule has 0 atom stereocenters. The minimum Gasteiger partial charge on any atom is -0.507 e. The lowest BCUT2D eigenvalue weighted by atomic mass is 10.1. The Bertz CT molecular complexity index is 547. The second-order valence-electron chi connectivity index (χ2n) is 3.63. The topological polar surface area (TPSA) is 37.3 Å². The maximum atomic E-state index is 11.8. The van der Waals surface area contributed by atoms with Gasteiger partial charge in [-0.3, -0.25) is 4.79 Å². The lowest BCUT2D eigenvalue weighted by Gasteiger charge is -1.98. The van der Waals surface area contributed by atoms with E-state index in [1.807, 2.05) is 30.3 Å². The number of carbonyl (C=O) groups excluding carboxylic acids is 1. The maximum Gasteiger partial charge on any atom is 0.189 e. The van der Waals surface area contributed by atoms with Crippen molar-refractivity contribution in [3.05, 3.63) is 71.8 Å². The Balaban J connectivity index is 0.00000162. The summed E-state index contributed by atoms with van der Waals surface area (Å²) in [5.74, 6) is -0.192. The number of phenolic OH excluding ortho intramolecular Hbond substituents is 1. The second-order valence-corrected chi connectivity index (χ2v) is 3.63. The smallest absolute Gasteiger partial charge is 0.189 e. The van der Waals surface area contributed by atoms with Crippen LogP contribution in [0.5, 0.6) is 5.75 Å². The van der Waals surface area contributed by atoms with Gasteiger partial charge in [-0.25, -0.2) is 0 Å². The van der Waals surface area contributed by atoms with Crippen LogP contribution in [-0.4, -0.2) is 10.9 Å². The molecule has 0 saturated heterocycles. The number of allylic oxidation sites excluding steroid dienone is 1. The SMILES string of the molecule is Cl.O=C(/C=C/c1ccccc1)c1ccccc1O. The molecule has 18 heavy (non-hydrogen) atoms. The number of ketones is 1. The predicted octanol–water partition coefficient (Wildman–Crippen LogP) is 3.71. The van der Waals surface area contributed by atoms with Crippen molar-refractivity contribution in [2.75, 3.05) is 0 Å². The second kappa shape index (κ2) is 6.62. The van der Waals surface area contributed by atoms with Crippen molar-refractivity contribution in [2.45, 2.75) is 0 Å². The summed E-state index contributed by atoms with van der Waals surface area (Å²) in [6.07, 6.45) is 3.19. The van der Waals surface area contributed by atoms with Crippen LogP contribution >= 0.6 is 12.4 Å². The van der Waals surface area contributed by atoms with Crippen LogP contribution in [0.2, 0.25) is 0 Å². The average molecular weight is 261 g/mol. The third-order valence-electron chi connectivity index (χ3n) is 2.40. The third kappa shape index (κ3) is 3.47. The number of phenols is 1. The molecule has 92 valence electrons. The largest absolute Gasteiger partial charge is 0.507 e. The molecule has 0 unspecified atom stereocenters.